The van der Waals surface area contributed by atoms with Crippen LogP contribution in [0.25, 0.3) is 0 Å². The number of ether oxygens (including phenoxy) is 1. The molecule has 2 N–H and O–H groups in total. The van der Waals surface area contributed by atoms with Gasteiger partial charge in [0, 0.05) is 15.8 Å². The van der Waals surface area contributed by atoms with Gasteiger partial charge in [-0.05, 0) is 52.3 Å². The number of nitrogen functional groups attached to an aromatic ring is 1. The fraction of sp³-hybridized carbons (Fsp3) is 0.571. The van der Waals surface area contributed by atoms with Gasteiger partial charge in [-0.2, -0.15) is 0 Å². The van der Waals surface area contributed by atoms with E-state index in [4.69, 9.17) is 10.5 Å². The molecule has 1 saturated heterocycles. The minimum absolute atomic E-state index is 0.147. The van der Waals surface area contributed by atoms with Crippen LogP contribution in [0.15, 0.2) is 23.1 Å². The molecule has 0 aromatic heterocycles. The van der Waals surface area contributed by atoms with Crippen molar-refractivity contribution >= 4 is 17.4 Å². The number of nitrogens with two attached hydrogens (primary N) is 1. The molecule has 1 heterocycles. The number of rotatable bonds is 2. The van der Waals surface area contributed by atoms with E-state index >= 15 is 0 Å². The number of thioether (sulfide) groups is 1. The van der Waals surface area contributed by atoms with Gasteiger partial charge in [-0.15, -0.1) is 11.8 Å². The first-order valence-electron chi connectivity index (χ1n) is 6.11. The Morgan fingerprint density at radius 1 is 1.33 bits per heavy atom. The predicted octanol–water partition coefficient (Wildman–Crippen LogP) is 3.85. The highest BCUT2D eigenvalue weighted by Gasteiger charge is 2.46. The SMILES string of the molecule is CC1(C)CC(Sc2ccc(N)cc2F)C(C)(C)O1. The fourth-order valence-corrected chi connectivity index (χ4v) is 3.90. The van der Waals surface area contributed by atoms with Crippen LogP contribution in [0.3, 0.4) is 0 Å². The van der Waals surface area contributed by atoms with Gasteiger partial charge in [0.05, 0.1) is 11.2 Å². The third-order valence-electron chi connectivity index (χ3n) is 3.22. The minimum Gasteiger partial charge on any atom is -0.399 e. The van der Waals surface area contributed by atoms with E-state index in [2.05, 4.69) is 27.7 Å². The molecule has 1 fully saturated rings. The van der Waals surface area contributed by atoms with Gasteiger partial charge in [0.15, 0.2) is 0 Å². The number of benzene rings is 1. The molecule has 18 heavy (non-hydrogen) atoms. The van der Waals surface area contributed by atoms with E-state index in [0.29, 0.717) is 10.6 Å². The molecule has 0 saturated carbocycles. The van der Waals surface area contributed by atoms with Crippen LogP contribution in [0, 0.1) is 5.82 Å². The summed E-state index contributed by atoms with van der Waals surface area (Å²) in [6.45, 7) is 8.28. The molecule has 1 aliphatic heterocycles. The van der Waals surface area contributed by atoms with E-state index in [1.807, 2.05) is 0 Å². The zero-order valence-corrected chi connectivity index (χ0v) is 12.1. The second-order valence-corrected chi connectivity index (χ2v) is 7.21. The maximum Gasteiger partial charge on any atom is 0.138 e. The highest BCUT2D eigenvalue weighted by Crippen LogP contribution is 2.46. The van der Waals surface area contributed by atoms with Crippen molar-refractivity contribution in [1.29, 1.82) is 0 Å². The maximum absolute atomic E-state index is 13.8. The Hall–Kier alpha value is -0.740. The molecule has 0 bridgehead atoms. The molecule has 0 spiro atoms. The predicted molar refractivity (Wildman–Crippen MR) is 74.3 cm³/mol. The van der Waals surface area contributed by atoms with Crippen LogP contribution in [-0.2, 0) is 4.74 Å². The van der Waals surface area contributed by atoms with Gasteiger partial charge in [-0.25, -0.2) is 4.39 Å². The smallest absolute Gasteiger partial charge is 0.138 e. The molecule has 0 amide bonds. The van der Waals surface area contributed by atoms with Crippen LogP contribution in [0.1, 0.15) is 34.1 Å². The molecule has 4 heteroatoms. The van der Waals surface area contributed by atoms with Gasteiger partial charge in [0.25, 0.3) is 0 Å². The molecular weight excluding hydrogens is 249 g/mol. The third kappa shape index (κ3) is 2.81. The molecule has 2 nitrogen and oxygen atoms in total. The van der Waals surface area contributed by atoms with Crippen molar-refractivity contribution < 1.29 is 9.13 Å². The molecule has 1 aromatic rings. The molecule has 2 rings (SSSR count). The molecule has 1 unspecified atom stereocenters. The quantitative estimate of drug-likeness (QED) is 0.828. The van der Waals surface area contributed by atoms with Crippen molar-refractivity contribution in [2.75, 3.05) is 5.73 Å². The molecular formula is C14H20FNOS. The Bertz CT molecular complexity index is 459. The second-order valence-electron chi connectivity index (χ2n) is 5.97. The van der Waals surface area contributed by atoms with E-state index < -0.39 is 0 Å². The van der Waals surface area contributed by atoms with E-state index in [-0.39, 0.29) is 22.3 Å². The van der Waals surface area contributed by atoms with Crippen molar-refractivity contribution in [1.82, 2.24) is 0 Å². The summed E-state index contributed by atoms with van der Waals surface area (Å²) < 4.78 is 19.8. The lowest BCUT2D eigenvalue weighted by atomic mass is 10.0. The van der Waals surface area contributed by atoms with Gasteiger partial charge in [-0.3, -0.25) is 0 Å². The Morgan fingerprint density at radius 3 is 2.50 bits per heavy atom. The molecule has 1 aliphatic rings. The Balaban J connectivity index is 2.19. The number of hydrogen-bond donors (Lipinski definition) is 1. The van der Waals surface area contributed by atoms with Gasteiger partial charge >= 0.3 is 0 Å². The second kappa shape index (κ2) is 4.42. The summed E-state index contributed by atoms with van der Waals surface area (Å²) in [7, 11) is 0. The largest absolute Gasteiger partial charge is 0.399 e. The molecule has 1 aromatic carbocycles. The van der Waals surface area contributed by atoms with Gasteiger partial charge in [0.2, 0.25) is 0 Å². The van der Waals surface area contributed by atoms with Crippen LogP contribution >= 0.6 is 11.8 Å². The maximum atomic E-state index is 13.8. The highest BCUT2D eigenvalue weighted by molar-refractivity contribution is 8.00. The van der Waals surface area contributed by atoms with Crippen molar-refractivity contribution in [3.8, 4) is 0 Å². The Labute approximate surface area is 112 Å². The summed E-state index contributed by atoms with van der Waals surface area (Å²) in [5, 5.41) is 0.241. The lowest BCUT2D eigenvalue weighted by Gasteiger charge is -2.27. The van der Waals surface area contributed by atoms with E-state index in [1.165, 1.54) is 6.07 Å². The summed E-state index contributed by atoms with van der Waals surface area (Å²) in [4.78, 5) is 0.642. The fourth-order valence-electron chi connectivity index (χ4n) is 2.46. The average Bonchev–Trinajstić information content (AvgIpc) is 2.39. The van der Waals surface area contributed by atoms with Crippen LogP contribution in [0.5, 0.6) is 0 Å². The van der Waals surface area contributed by atoms with Gasteiger partial charge < -0.3 is 10.5 Å². The number of halogens is 1. The Kier molecular flexibility index (Phi) is 3.36. The summed E-state index contributed by atoms with van der Waals surface area (Å²) in [5.41, 5.74) is 5.62. The summed E-state index contributed by atoms with van der Waals surface area (Å²) in [5.74, 6) is -0.250. The standard InChI is InChI=1S/C14H20FNOS/c1-13(2)8-12(14(3,4)17-13)18-11-6-5-9(16)7-10(11)15/h5-7,12H,8,16H2,1-4H3. The van der Waals surface area contributed by atoms with E-state index in [0.717, 1.165) is 6.42 Å². The zero-order valence-electron chi connectivity index (χ0n) is 11.3. The lowest BCUT2D eigenvalue weighted by molar-refractivity contribution is -0.0631. The molecule has 0 radical (unpaired) electrons. The first-order valence-corrected chi connectivity index (χ1v) is 6.99. The van der Waals surface area contributed by atoms with Crippen molar-refractivity contribution in [2.45, 2.75) is 55.5 Å². The lowest BCUT2D eigenvalue weighted by Crippen LogP contribution is -2.31. The minimum atomic E-state index is -0.250. The molecule has 0 aliphatic carbocycles. The van der Waals surface area contributed by atoms with Crippen molar-refractivity contribution in [3.05, 3.63) is 24.0 Å². The molecule has 1 atom stereocenters. The average molecular weight is 269 g/mol. The van der Waals surface area contributed by atoms with Crippen molar-refractivity contribution in [3.63, 3.8) is 0 Å². The number of anilines is 1. The zero-order chi connectivity index (χ0) is 13.6. The van der Waals surface area contributed by atoms with Crippen LogP contribution < -0.4 is 5.73 Å². The highest BCUT2D eigenvalue weighted by atomic mass is 32.2. The third-order valence-corrected chi connectivity index (χ3v) is 4.82. The van der Waals surface area contributed by atoms with Crippen LogP contribution in [0.4, 0.5) is 10.1 Å². The summed E-state index contributed by atoms with van der Waals surface area (Å²) in [6.07, 6.45) is 0.911. The number of hydrogen-bond acceptors (Lipinski definition) is 3. The van der Waals surface area contributed by atoms with E-state index in [9.17, 15) is 4.39 Å². The Morgan fingerprint density at radius 2 is 2.00 bits per heavy atom. The summed E-state index contributed by atoms with van der Waals surface area (Å²) >= 11 is 1.54. The topological polar surface area (TPSA) is 35.2 Å². The first-order chi connectivity index (χ1) is 8.20. The van der Waals surface area contributed by atoms with E-state index in [1.54, 1.807) is 23.9 Å². The molecule has 100 valence electrons. The van der Waals surface area contributed by atoms with Gasteiger partial charge in [-0.1, -0.05) is 0 Å². The van der Waals surface area contributed by atoms with Crippen LogP contribution in [-0.4, -0.2) is 16.5 Å². The monoisotopic (exact) mass is 269 g/mol. The van der Waals surface area contributed by atoms with Crippen molar-refractivity contribution in [2.24, 2.45) is 0 Å². The van der Waals surface area contributed by atoms with Crippen LogP contribution in [0.2, 0.25) is 0 Å². The normalized spacial score (nSPS) is 25.3. The summed E-state index contributed by atoms with van der Waals surface area (Å²) in [6, 6.07) is 4.85. The first kappa shape index (κ1) is 13.7. The van der Waals surface area contributed by atoms with Gasteiger partial charge in [0.1, 0.15) is 5.82 Å².